The highest BCUT2D eigenvalue weighted by atomic mass is 16.5. The summed E-state index contributed by atoms with van der Waals surface area (Å²) in [5.41, 5.74) is 0. The predicted octanol–water partition coefficient (Wildman–Crippen LogP) is 14.8. The molecule has 6 heteroatoms. The van der Waals surface area contributed by atoms with Crippen LogP contribution in [0.2, 0.25) is 0 Å². The van der Waals surface area contributed by atoms with Gasteiger partial charge in [0.15, 0.2) is 0 Å². The van der Waals surface area contributed by atoms with Crippen LogP contribution < -0.4 is 5.32 Å². The zero-order valence-electron chi connectivity index (χ0n) is 39.1. The van der Waals surface area contributed by atoms with Gasteiger partial charge in [-0.05, 0) is 89.9 Å². The number of allylic oxidation sites excluding steroid dienone is 14. The molecule has 0 aromatic rings. The molecule has 0 fully saturated rings. The number of nitrogens with one attached hydrogen (secondary N) is 1. The van der Waals surface area contributed by atoms with E-state index in [1.807, 2.05) is 0 Å². The number of hydrogen-bond acceptors (Lipinski definition) is 5. The Morgan fingerprint density at radius 1 is 0.500 bits per heavy atom. The number of carbonyl (C=O) groups is 2. The molecule has 3 unspecified atom stereocenters. The molecule has 1 amide bonds. The maximum atomic E-state index is 13.2. The van der Waals surface area contributed by atoms with Gasteiger partial charge < -0.3 is 20.3 Å². The number of carbonyl (C=O) groups excluding carboxylic acids is 2. The second-order valence-electron chi connectivity index (χ2n) is 16.4. The largest absolute Gasteiger partial charge is 0.462 e. The number of esters is 1. The van der Waals surface area contributed by atoms with Crippen LogP contribution in [0.5, 0.6) is 0 Å². The van der Waals surface area contributed by atoms with Gasteiger partial charge in [-0.2, -0.15) is 0 Å². The Morgan fingerprint density at radius 2 is 0.917 bits per heavy atom. The van der Waals surface area contributed by atoms with Gasteiger partial charge in [-0.3, -0.25) is 9.59 Å². The number of ether oxygens (including phenoxy) is 1. The van der Waals surface area contributed by atoms with Gasteiger partial charge in [0.2, 0.25) is 5.91 Å². The number of amides is 1. The lowest BCUT2D eigenvalue weighted by Gasteiger charge is -2.24. The fourth-order valence-electron chi connectivity index (χ4n) is 7.03. The van der Waals surface area contributed by atoms with E-state index in [1.165, 1.54) is 70.6 Å². The van der Waals surface area contributed by atoms with E-state index < -0.39 is 18.2 Å². The molecule has 3 atom stereocenters. The fourth-order valence-corrected chi connectivity index (χ4v) is 7.03. The molecule has 6 nitrogen and oxygen atoms in total. The van der Waals surface area contributed by atoms with Crippen LogP contribution >= 0.6 is 0 Å². The first kappa shape index (κ1) is 57.0. The van der Waals surface area contributed by atoms with Crippen molar-refractivity contribution < 1.29 is 24.5 Å². The summed E-state index contributed by atoms with van der Waals surface area (Å²) in [6, 6.07) is -0.724. The van der Waals surface area contributed by atoms with Gasteiger partial charge in [0.1, 0.15) is 6.10 Å². The van der Waals surface area contributed by atoms with Crippen molar-refractivity contribution in [3.8, 4) is 0 Å². The third-order valence-electron chi connectivity index (χ3n) is 10.7. The average molecular weight is 836 g/mol. The van der Waals surface area contributed by atoms with E-state index >= 15 is 0 Å². The van der Waals surface area contributed by atoms with Crippen LogP contribution in [0.1, 0.15) is 220 Å². The van der Waals surface area contributed by atoms with Crippen molar-refractivity contribution in [2.75, 3.05) is 6.61 Å². The average Bonchev–Trinajstić information content (AvgIpc) is 3.24. The number of aliphatic hydroxyl groups is 2. The minimum absolute atomic E-state index is 0.0313. The van der Waals surface area contributed by atoms with Gasteiger partial charge in [-0.25, -0.2) is 0 Å². The monoisotopic (exact) mass is 836 g/mol. The summed E-state index contributed by atoms with van der Waals surface area (Å²) in [7, 11) is 0. The molecule has 0 aromatic heterocycles. The fraction of sp³-hybridized carbons (Fsp3) is 0.704. The van der Waals surface area contributed by atoms with Gasteiger partial charge in [0.25, 0.3) is 0 Å². The Kier molecular flexibility index (Phi) is 44.8. The van der Waals surface area contributed by atoms with E-state index in [0.717, 1.165) is 103 Å². The molecule has 0 radical (unpaired) electrons. The van der Waals surface area contributed by atoms with Crippen molar-refractivity contribution in [3.05, 3.63) is 85.1 Å². The Hall–Kier alpha value is -2.96. The third kappa shape index (κ3) is 41.8. The second-order valence-corrected chi connectivity index (χ2v) is 16.4. The zero-order valence-corrected chi connectivity index (χ0v) is 39.1. The summed E-state index contributed by atoms with van der Waals surface area (Å²) in [6.45, 7) is 6.22. The maximum Gasteiger partial charge on any atom is 0.306 e. The highest BCUT2D eigenvalue weighted by molar-refractivity contribution is 5.77. The van der Waals surface area contributed by atoms with Crippen molar-refractivity contribution >= 4 is 11.9 Å². The molecule has 0 aliphatic carbocycles. The number of rotatable bonds is 43. The molecule has 0 heterocycles. The molecule has 0 bridgehead atoms. The number of aliphatic hydroxyl groups excluding tert-OH is 2. The zero-order chi connectivity index (χ0) is 43.8. The van der Waals surface area contributed by atoms with Crippen molar-refractivity contribution in [1.82, 2.24) is 5.32 Å². The molecule has 3 N–H and O–H groups in total. The van der Waals surface area contributed by atoms with Crippen LogP contribution in [-0.2, 0) is 14.3 Å². The Labute approximate surface area is 370 Å². The summed E-state index contributed by atoms with van der Waals surface area (Å²) in [6.07, 6.45) is 60.7. The SMILES string of the molecule is CC/C=C\C/C=C\C/C=C\C/C=C\C/C=C\CCCC(CC(=O)NC(CO)C(O)CCCCCCCCCCCC)OC(=O)CCCCCCCCC/C=C/C/C=C/CC. The van der Waals surface area contributed by atoms with Crippen molar-refractivity contribution in [1.29, 1.82) is 0 Å². The van der Waals surface area contributed by atoms with Crippen LogP contribution in [-0.4, -0.2) is 46.9 Å². The normalized spacial score (nSPS) is 14.0. The van der Waals surface area contributed by atoms with E-state index in [1.54, 1.807) is 0 Å². The molecular formula is C54H93NO5. The highest BCUT2D eigenvalue weighted by Gasteiger charge is 2.24. The molecule has 0 aromatic carbocycles. The quantitative estimate of drug-likeness (QED) is 0.0323. The van der Waals surface area contributed by atoms with E-state index in [4.69, 9.17) is 4.74 Å². The van der Waals surface area contributed by atoms with Gasteiger partial charge in [0.05, 0.1) is 25.2 Å². The molecule has 0 spiro atoms. The first-order valence-corrected chi connectivity index (χ1v) is 24.8. The van der Waals surface area contributed by atoms with Crippen LogP contribution in [0.15, 0.2) is 85.1 Å². The summed E-state index contributed by atoms with van der Waals surface area (Å²) < 4.78 is 5.89. The van der Waals surface area contributed by atoms with Crippen LogP contribution in [0, 0.1) is 0 Å². The van der Waals surface area contributed by atoms with Crippen LogP contribution in [0.3, 0.4) is 0 Å². The van der Waals surface area contributed by atoms with Gasteiger partial charge in [0, 0.05) is 6.42 Å². The lowest BCUT2D eigenvalue weighted by molar-refractivity contribution is -0.151. The molecule has 0 saturated carbocycles. The molecule has 0 aliphatic rings. The van der Waals surface area contributed by atoms with Crippen LogP contribution in [0.4, 0.5) is 0 Å². The van der Waals surface area contributed by atoms with Gasteiger partial charge in [-0.1, -0.05) is 202 Å². The molecular weight excluding hydrogens is 743 g/mol. The number of unbranched alkanes of at least 4 members (excludes halogenated alkanes) is 17. The number of hydrogen-bond donors (Lipinski definition) is 3. The Morgan fingerprint density at radius 3 is 1.40 bits per heavy atom. The predicted molar refractivity (Wildman–Crippen MR) is 259 cm³/mol. The van der Waals surface area contributed by atoms with Gasteiger partial charge in [-0.15, -0.1) is 0 Å². The molecule has 0 aliphatic heterocycles. The lowest BCUT2D eigenvalue weighted by atomic mass is 10.0. The summed E-state index contributed by atoms with van der Waals surface area (Å²) in [5, 5.41) is 23.7. The lowest BCUT2D eigenvalue weighted by Crippen LogP contribution is -2.46. The second kappa shape index (κ2) is 47.1. The molecule has 0 rings (SSSR count). The van der Waals surface area contributed by atoms with Crippen molar-refractivity contribution in [3.63, 3.8) is 0 Å². The summed E-state index contributed by atoms with van der Waals surface area (Å²) >= 11 is 0. The van der Waals surface area contributed by atoms with Crippen molar-refractivity contribution in [2.45, 2.75) is 238 Å². The minimum atomic E-state index is -0.806. The maximum absolute atomic E-state index is 13.2. The standard InChI is InChI=1S/C54H93NO5/c1-4-7-10-13-16-19-22-24-26-27-28-29-31-33-36-39-42-45-50(60-54(59)47-44-41-38-35-32-30-25-23-20-17-14-11-8-5-2)48-53(58)55-51(49-56)52(57)46-43-40-37-34-21-18-15-12-9-6-3/h7-8,10-11,16-17,19-20,24,26,28-29,33,36,50-52,56-57H,4-6,9,12-15,18,21-23,25,27,30-32,34-35,37-49H2,1-3H3,(H,55,58)/b10-7-,11-8+,19-16-,20-17+,26-24-,29-28-,36-33-. The Bertz CT molecular complexity index is 1160. The van der Waals surface area contributed by atoms with Crippen molar-refractivity contribution in [2.24, 2.45) is 0 Å². The minimum Gasteiger partial charge on any atom is -0.462 e. The first-order valence-electron chi connectivity index (χ1n) is 24.8. The first-order chi connectivity index (χ1) is 29.5. The molecule has 60 heavy (non-hydrogen) atoms. The summed E-state index contributed by atoms with van der Waals surface area (Å²) in [5.74, 6) is -0.546. The van der Waals surface area contributed by atoms with E-state index in [9.17, 15) is 19.8 Å². The van der Waals surface area contributed by atoms with Gasteiger partial charge >= 0.3 is 5.97 Å². The van der Waals surface area contributed by atoms with E-state index in [-0.39, 0.29) is 24.9 Å². The Balaban J connectivity index is 4.74. The van der Waals surface area contributed by atoms with E-state index in [2.05, 4.69) is 111 Å². The third-order valence-corrected chi connectivity index (χ3v) is 10.7. The summed E-state index contributed by atoms with van der Waals surface area (Å²) in [4.78, 5) is 26.1. The highest BCUT2D eigenvalue weighted by Crippen LogP contribution is 2.16. The molecule has 344 valence electrons. The molecule has 0 saturated heterocycles. The smallest absolute Gasteiger partial charge is 0.306 e. The van der Waals surface area contributed by atoms with Crippen LogP contribution in [0.25, 0.3) is 0 Å². The topological polar surface area (TPSA) is 95.9 Å². The van der Waals surface area contributed by atoms with E-state index in [0.29, 0.717) is 19.3 Å².